The zero-order valence-electron chi connectivity index (χ0n) is 20.6. The summed E-state index contributed by atoms with van der Waals surface area (Å²) >= 11 is 0. The molecule has 7 heteroatoms. The van der Waals surface area contributed by atoms with Gasteiger partial charge in [0.25, 0.3) is 5.91 Å². The van der Waals surface area contributed by atoms with Crippen LogP contribution < -0.4 is 5.32 Å². The lowest BCUT2D eigenvalue weighted by Gasteiger charge is -2.12. The molecule has 1 amide bonds. The Morgan fingerprint density at radius 3 is 2.58 bits per heavy atom. The molecule has 186 valence electrons. The number of aromatic nitrogens is 1. The van der Waals surface area contributed by atoms with Crippen LogP contribution in [0.4, 0.5) is 0 Å². The zero-order valence-corrected chi connectivity index (χ0v) is 20.6. The number of amides is 1. The molecule has 7 nitrogen and oxygen atoms in total. The molecule has 36 heavy (non-hydrogen) atoms. The maximum atomic E-state index is 13.2. The highest BCUT2D eigenvalue weighted by Crippen LogP contribution is 2.37. The second kappa shape index (κ2) is 11.6. The van der Waals surface area contributed by atoms with Gasteiger partial charge in [-0.2, -0.15) is 0 Å². The molecule has 0 bridgehead atoms. The number of carbonyl (C=O) groups is 3. The van der Waals surface area contributed by atoms with E-state index in [0.29, 0.717) is 42.5 Å². The summed E-state index contributed by atoms with van der Waals surface area (Å²) in [6.07, 6.45) is 4.24. The Hall–Kier alpha value is -4.00. The van der Waals surface area contributed by atoms with Crippen molar-refractivity contribution in [3.05, 3.63) is 76.5 Å². The summed E-state index contributed by atoms with van der Waals surface area (Å²) in [7, 11) is 0. The van der Waals surface area contributed by atoms with Crippen molar-refractivity contribution in [1.82, 2.24) is 10.3 Å². The summed E-state index contributed by atoms with van der Waals surface area (Å²) < 4.78 is 10.3. The Kier molecular flexibility index (Phi) is 8.10. The van der Waals surface area contributed by atoms with Crippen molar-refractivity contribution in [3.63, 3.8) is 0 Å². The van der Waals surface area contributed by atoms with Gasteiger partial charge in [-0.3, -0.25) is 9.59 Å². The molecule has 0 atom stereocenters. The standard InChI is InChI=1S/C29H30N2O5/c1-3-35-26(33)9-6-16-30-25(32)18-36-29(34)27-22-7-4-5-8-24(22)31-28-21(14-15-23(27)28)17-20-12-10-19(2)11-13-20/h4-5,7-8,10-13,17H,3,6,9,14-16,18H2,1-2H3,(H,30,32)/b21-17+. The van der Waals surface area contributed by atoms with Gasteiger partial charge in [-0.05, 0) is 62.0 Å². The first kappa shape index (κ1) is 25.1. The SMILES string of the molecule is CCOC(=O)CCCNC(=O)COC(=O)c1c2c(nc3ccccc13)/C(=C/c1ccc(C)cc1)CC2. The number of nitrogens with one attached hydrogen (secondary N) is 1. The number of para-hydroxylation sites is 1. The average Bonchev–Trinajstić information content (AvgIpc) is 3.27. The summed E-state index contributed by atoms with van der Waals surface area (Å²) in [5.74, 6) is -1.25. The van der Waals surface area contributed by atoms with E-state index in [1.807, 2.05) is 24.3 Å². The average molecular weight is 487 g/mol. The number of hydrogen-bond donors (Lipinski definition) is 1. The van der Waals surface area contributed by atoms with Gasteiger partial charge in [-0.25, -0.2) is 9.78 Å². The minimum absolute atomic E-state index is 0.224. The third-order valence-corrected chi connectivity index (χ3v) is 6.08. The lowest BCUT2D eigenvalue weighted by atomic mass is 10.0. The maximum Gasteiger partial charge on any atom is 0.339 e. The molecule has 0 unspecified atom stereocenters. The van der Waals surface area contributed by atoms with Gasteiger partial charge in [-0.15, -0.1) is 0 Å². The van der Waals surface area contributed by atoms with Crippen LogP contribution in [0.25, 0.3) is 22.6 Å². The van der Waals surface area contributed by atoms with Crippen molar-refractivity contribution < 1.29 is 23.9 Å². The number of nitrogens with zero attached hydrogens (tertiary/aromatic N) is 1. The van der Waals surface area contributed by atoms with Crippen molar-refractivity contribution in [2.45, 2.75) is 39.5 Å². The fraction of sp³-hybridized carbons (Fsp3) is 0.310. The first-order chi connectivity index (χ1) is 17.5. The lowest BCUT2D eigenvalue weighted by Crippen LogP contribution is -2.30. The van der Waals surface area contributed by atoms with E-state index in [2.05, 4.69) is 42.6 Å². The Labute approximate surface area is 210 Å². The lowest BCUT2D eigenvalue weighted by molar-refractivity contribution is -0.143. The third kappa shape index (κ3) is 5.97. The van der Waals surface area contributed by atoms with E-state index in [1.54, 1.807) is 6.92 Å². The molecule has 3 aromatic rings. The number of benzene rings is 2. The number of esters is 2. The number of pyridine rings is 1. The predicted molar refractivity (Wildman–Crippen MR) is 138 cm³/mol. The summed E-state index contributed by atoms with van der Waals surface area (Å²) in [6, 6.07) is 15.8. The highest BCUT2D eigenvalue weighted by atomic mass is 16.5. The number of hydrogen-bond acceptors (Lipinski definition) is 6. The minimum Gasteiger partial charge on any atom is -0.466 e. The Balaban J connectivity index is 1.49. The predicted octanol–water partition coefficient (Wildman–Crippen LogP) is 4.65. The van der Waals surface area contributed by atoms with E-state index in [4.69, 9.17) is 14.5 Å². The van der Waals surface area contributed by atoms with Gasteiger partial charge in [0.05, 0.1) is 23.4 Å². The molecule has 1 N–H and O–H groups in total. The van der Waals surface area contributed by atoms with Crippen LogP contribution >= 0.6 is 0 Å². The smallest absolute Gasteiger partial charge is 0.339 e. The monoisotopic (exact) mass is 486 g/mol. The van der Waals surface area contributed by atoms with Crippen LogP contribution in [0.3, 0.4) is 0 Å². The van der Waals surface area contributed by atoms with Crippen LogP contribution in [0.15, 0.2) is 48.5 Å². The summed E-state index contributed by atoms with van der Waals surface area (Å²) in [5, 5.41) is 3.38. The highest BCUT2D eigenvalue weighted by molar-refractivity contribution is 6.07. The van der Waals surface area contributed by atoms with Crippen LogP contribution in [0.1, 0.15) is 58.9 Å². The molecular formula is C29H30N2O5. The van der Waals surface area contributed by atoms with Gasteiger partial charge >= 0.3 is 11.9 Å². The van der Waals surface area contributed by atoms with Crippen LogP contribution in [0, 0.1) is 6.92 Å². The molecular weight excluding hydrogens is 456 g/mol. The molecule has 0 spiro atoms. The second-order valence-corrected chi connectivity index (χ2v) is 8.75. The van der Waals surface area contributed by atoms with E-state index in [-0.39, 0.29) is 12.4 Å². The first-order valence-electron chi connectivity index (χ1n) is 12.2. The molecule has 0 saturated heterocycles. The molecule has 0 fully saturated rings. The molecule has 0 aliphatic heterocycles. The van der Waals surface area contributed by atoms with Crippen molar-refractivity contribution in [1.29, 1.82) is 0 Å². The van der Waals surface area contributed by atoms with E-state index >= 15 is 0 Å². The summed E-state index contributed by atoms with van der Waals surface area (Å²) in [4.78, 5) is 41.7. The number of ether oxygens (including phenoxy) is 2. The number of fused-ring (bicyclic) bond motifs is 2. The van der Waals surface area contributed by atoms with Gasteiger partial charge in [0.15, 0.2) is 6.61 Å². The summed E-state index contributed by atoms with van der Waals surface area (Å²) in [6.45, 7) is 4.04. The van der Waals surface area contributed by atoms with E-state index in [0.717, 1.165) is 28.8 Å². The van der Waals surface area contributed by atoms with Gasteiger partial charge < -0.3 is 14.8 Å². The third-order valence-electron chi connectivity index (χ3n) is 6.08. The van der Waals surface area contributed by atoms with Crippen LogP contribution in [0.2, 0.25) is 0 Å². The van der Waals surface area contributed by atoms with E-state index in [9.17, 15) is 14.4 Å². The number of rotatable bonds is 9. The molecule has 1 aromatic heterocycles. The van der Waals surface area contributed by atoms with Gasteiger partial charge in [-0.1, -0.05) is 48.0 Å². The van der Waals surface area contributed by atoms with Crippen molar-refractivity contribution in [2.24, 2.45) is 0 Å². The highest BCUT2D eigenvalue weighted by Gasteiger charge is 2.28. The molecule has 1 aliphatic carbocycles. The zero-order chi connectivity index (χ0) is 25.5. The number of aryl methyl sites for hydroxylation is 1. The molecule has 0 radical (unpaired) electrons. The van der Waals surface area contributed by atoms with Crippen LogP contribution in [-0.2, 0) is 25.5 Å². The van der Waals surface area contributed by atoms with Crippen molar-refractivity contribution >= 4 is 40.4 Å². The largest absolute Gasteiger partial charge is 0.466 e. The second-order valence-electron chi connectivity index (χ2n) is 8.75. The van der Waals surface area contributed by atoms with Gasteiger partial charge in [0.1, 0.15) is 0 Å². The fourth-order valence-electron chi connectivity index (χ4n) is 4.32. The van der Waals surface area contributed by atoms with Gasteiger partial charge in [0.2, 0.25) is 0 Å². The number of allylic oxidation sites excluding steroid dienone is 1. The van der Waals surface area contributed by atoms with E-state index in [1.165, 1.54) is 5.56 Å². The molecule has 1 aliphatic rings. The van der Waals surface area contributed by atoms with Crippen LogP contribution in [-0.4, -0.2) is 42.6 Å². The molecule has 0 saturated carbocycles. The molecule has 2 aromatic carbocycles. The maximum absolute atomic E-state index is 13.2. The molecule has 4 rings (SSSR count). The topological polar surface area (TPSA) is 94.6 Å². The van der Waals surface area contributed by atoms with Gasteiger partial charge in [0, 0.05) is 18.4 Å². The fourth-order valence-corrected chi connectivity index (χ4v) is 4.32. The first-order valence-corrected chi connectivity index (χ1v) is 12.2. The summed E-state index contributed by atoms with van der Waals surface area (Å²) in [5.41, 5.74) is 6.20. The Morgan fingerprint density at radius 2 is 1.81 bits per heavy atom. The molecule has 1 heterocycles. The Bertz CT molecular complexity index is 1310. The number of carbonyl (C=O) groups excluding carboxylic acids is 3. The normalized spacial score (nSPS) is 13.4. The minimum atomic E-state index is -0.539. The Morgan fingerprint density at radius 1 is 1.03 bits per heavy atom. The van der Waals surface area contributed by atoms with Crippen molar-refractivity contribution in [3.8, 4) is 0 Å². The van der Waals surface area contributed by atoms with Crippen LogP contribution in [0.5, 0.6) is 0 Å². The quantitative estimate of drug-likeness (QED) is 0.350. The van der Waals surface area contributed by atoms with Crippen molar-refractivity contribution in [2.75, 3.05) is 19.8 Å². The van der Waals surface area contributed by atoms with E-state index < -0.39 is 18.5 Å².